The van der Waals surface area contributed by atoms with Gasteiger partial charge in [-0.05, 0) is 18.2 Å². The molecule has 0 saturated carbocycles. The van der Waals surface area contributed by atoms with E-state index in [0.29, 0.717) is 5.75 Å². The third-order valence-electron chi connectivity index (χ3n) is 2.94. The number of nitrogen functional groups attached to an aromatic ring is 1. The molecule has 0 aliphatic heterocycles. The van der Waals surface area contributed by atoms with Crippen LogP contribution in [0.1, 0.15) is 0 Å². The van der Waals surface area contributed by atoms with E-state index in [0.717, 1.165) is 11.0 Å². The van der Waals surface area contributed by atoms with Gasteiger partial charge in [-0.15, -0.1) is 0 Å². The Hall–Kier alpha value is -2.27. The molecule has 0 spiro atoms. The lowest BCUT2D eigenvalue weighted by molar-refractivity contribution is 0.443. The van der Waals surface area contributed by atoms with Gasteiger partial charge in [0.15, 0.2) is 11.6 Å². The van der Waals surface area contributed by atoms with E-state index in [1.165, 1.54) is 12.1 Å². The molecule has 2 N–H and O–H groups in total. The van der Waals surface area contributed by atoms with E-state index in [1.54, 1.807) is 18.5 Å². The number of imidazole rings is 1. The summed E-state index contributed by atoms with van der Waals surface area (Å²) in [7, 11) is 1.90. The number of halogens is 2. The molecule has 2 aromatic carbocycles. The van der Waals surface area contributed by atoms with E-state index < -0.39 is 5.82 Å². The van der Waals surface area contributed by atoms with Crippen LogP contribution in [0.25, 0.3) is 11.0 Å². The zero-order chi connectivity index (χ0) is 14.3. The number of benzene rings is 2. The molecule has 0 aliphatic carbocycles. The predicted octanol–water partition coefficient (Wildman–Crippen LogP) is 3.74. The molecule has 0 saturated heterocycles. The minimum absolute atomic E-state index is 0.0452. The number of ether oxygens (including phenoxy) is 1. The summed E-state index contributed by atoms with van der Waals surface area (Å²) < 4.78 is 21.2. The van der Waals surface area contributed by atoms with E-state index in [9.17, 15) is 4.39 Å². The fourth-order valence-electron chi connectivity index (χ4n) is 1.97. The number of anilines is 1. The Morgan fingerprint density at radius 2 is 2.10 bits per heavy atom. The summed E-state index contributed by atoms with van der Waals surface area (Å²) in [6.07, 6.45) is 1.70. The Labute approximate surface area is 119 Å². The first kappa shape index (κ1) is 12.7. The van der Waals surface area contributed by atoms with E-state index in [-0.39, 0.29) is 16.5 Å². The van der Waals surface area contributed by atoms with Gasteiger partial charge in [-0.2, -0.15) is 0 Å². The smallest absolute Gasteiger partial charge is 0.181 e. The van der Waals surface area contributed by atoms with Gasteiger partial charge in [0.05, 0.1) is 22.4 Å². The number of aromatic nitrogens is 2. The number of aryl methyl sites for hydroxylation is 1. The molecular weight excluding hydrogens is 281 g/mol. The van der Waals surface area contributed by atoms with Crippen LogP contribution >= 0.6 is 11.6 Å². The molecule has 20 heavy (non-hydrogen) atoms. The van der Waals surface area contributed by atoms with Crippen molar-refractivity contribution in [1.82, 2.24) is 9.55 Å². The SMILES string of the molecule is Cn1cnc2cc(Oc3c(F)cc(N)cc3Cl)ccc21. The molecule has 0 atom stereocenters. The van der Waals surface area contributed by atoms with E-state index in [2.05, 4.69) is 4.98 Å². The summed E-state index contributed by atoms with van der Waals surface area (Å²) in [5.74, 6) is -0.186. The van der Waals surface area contributed by atoms with Crippen LogP contribution in [0.3, 0.4) is 0 Å². The number of hydrogen-bond acceptors (Lipinski definition) is 3. The fourth-order valence-corrected chi connectivity index (χ4v) is 2.23. The molecule has 0 unspecified atom stereocenters. The number of fused-ring (bicyclic) bond motifs is 1. The predicted molar refractivity (Wildman–Crippen MR) is 76.6 cm³/mol. The lowest BCUT2D eigenvalue weighted by Gasteiger charge is -2.09. The highest BCUT2D eigenvalue weighted by molar-refractivity contribution is 6.32. The van der Waals surface area contributed by atoms with Gasteiger partial charge >= 0.3 is 0 Å². The molecule has 4 nitrogen and oxygen atoms in total. The summed E-state index contributed by atoms with van der Waals surface area (Å²) in [6.45, 7) is 0. The van der Waals surface area contributed by atoms with Crippen LogP contribution in [0.2, 0.25) is 5.02 Å². The van der Waals surface area contributed by atoms with Gasteiger partial charge in [-0.25, -0.2) is 9.37 Å². The molecule has 3 aromatic rings. The van der Waals surface area contributed by atoms with Gasteiger partial charge in [0.25, 0.3) is 0 Å². The summed E-state index contributed by atoms with van der Waals surface area (Å²) >= 11 is 5.94. The van der Waals surface area contributed by atoms with Crippen molar-refractivity contribution in [2.24, 2.45) is 7.05 Å². The largest absolute Gasteiger partial charge is 0.453 e. The van der Waals surface area contributed by atoms with Crippen molar-refractivity contribution in [2.45, 2.75) is 0 Å². The highest BCUT2D eigenvalue weighted by atomic mass is 35.5. The summed E-state index contributed by atoms with van der Waals surface area (Å²) in [6, 6.07) is 7.91. The molecule has 0 aliphatic rings. The van der Waals surface area contributed by atoms with Crippen LogP contribution < -0.4 is 10.5 Å². The average molecular weight is 292 g/mol. The van der Waals surface area contributed by atoms with E-state index in [4.69, 9.17) is 22.1 Å². The highest BCUT2D eigenvalue weighted by Gasteiger charge is 2.12. The normalized spacial score (nSPS) is 10.9. The fraction of sp³-hybridized carbons (Fsp3) is 0.0714. The lowest BCUT2D eigenvalue weighted by Crippen LogP contribution is -1.93. The number of rotatable bonds is 2. The monoisotopic (exact) mass is 291 g/mol. The van der Waals surface area contributed by atoms with Crippen LogP contribution in [0.5, 0.6) is 11.5 Å². The molecule has 0 fully saturated rings. The Morgan fingerprint density at radius 3 is 2.85 bits per heavy atom. The first-order valence-corrected chi connectivity index (χ1v) is 6.26. The first-order chi connectivity index (χ1) is 9.54. The second-order valence-corrected chi connectivity index (χ2v) is 4.83. The Morgan fingerprint density at radius 1 is 1.30 bits per heavy atom. The molecule has 3 rings (SSSR count). The van der Waals surface area contributed by atoms with Gasteiger partial charge in [-0.3, -0.25) is 0 Å². The van der Waals surface area contributed by atoms with Crippen molar-refractivity contribution >= 4 is 28.3 Å². The van der Waals surface area contributed by atoms with Crippen molar-refractivity contribution in [1.29, 1.82) is 0 Å². The van der Waals surface area contributed by atoms with Crippen LogP contribution in [0.15, 0.2) is 36.7 Å². The second-order valence-electron chi connectivity index (χ2n) is 4.42. The van der Waals surface area contributed by atoms with Gasteiger partial charge < -0.3 is 15.0 Å². The van der Waals surface area contributed by atoms with Crippen LogP contribution in [0.4, 0.5) is 10.1 Å². The van der Waals surface area contributed by atoms with Crippen LogP contribution in [-0.4, -0.2) is 9.55 Å². The van der Waals surface area contributed by atoms with Crippen molar-refractivity contribution < 1.29 is 9.13 Å². The molecule has 6 heteroatoms. The van der Waals surface area contributed by atoms with Crippen molar-refractivity contribution in [3.05, 3.63) is 47.5 Å². The third kappa shape index (κ3) is 2.16. The molecule has 0 radical (unpaired) electrons. The number of nitrogens with zero attached hydrogens (tertiary/aromatic N) is 2. The molecule has 0 bridgehead atoms. The highest BCUT2D eigenvalue weighted by Crippen LogP contribution is 2.34. The Kier molecular flexibility index (Phi) is 2.99. The average Bonchev–Trinajstić information content (AvgIpc) is 2.75. The lowest BCUT2D eigenvalue weighted by atomic mass is 10.2. The number of nitrogens with two attached hydrogens (primary N) is 1. The maximum atomic E-state index is 13.8. The van der Waals surface area contributed by atoms with E-state index >= 15 is 0 Å². The molecule has 1 aromatic heterocycles. The van der Waals surface area contributed by atoms with E-state index in [1.807, 2.05) is 17.7 Å². The summed E-state index contributed by atoms with van der Waals surface area (Å²) in [5.41, 5.74) is 7.48. The second kappa shape index (κ2) is 4.68. The van der Waals surface area contributed by atoms with Gasteiger partial charge in [0.1, 0.15) is 5.75 Å². The summed E-state index contributed by atoms with van der Waals surface area (Å²) in [4.78, 5) is 4.22. The first-order valence-electron chi connectivity index (χ1n) is 5.88. The van der Waals surface area contributed by atoms with Gasteiger partial charge in [-0.1, -0.05) is 11.6 Å². The maximum Gasteiger partial charge on any atom is 0.181 e. The molecule has 0 amide bonds. The quantitative estimate of drug-likeness (QED) is 0.732. The van der Waals surface area contributed by atoms with Gasteiger partial charge in [0.2, 0.25) is 0 Å². The Balaban J connectivity index is 2.01. The molecule has 1 heterocycles. The van der Waals surface area contributed by atoms with Crippen molar-refractivity contribution in [3.63, 3.8) is 0 Å². The standard InChI is InChI=1S/C14H11ClFN3O/c1-19-7-18-12-6-9(2-3-13(12)19)20-14-10(15)4-8(17)5-11(14)16/h2-7H,17H2,1H3. The topological polar surface area (TPSA) is 53.1 Å². The Bertz CT molecular complexity index is 777. The molecule has 102 valence electrons. The zero-order valence-electron chi connectivity index (χ0n) is 10.6. The van der Waals surface area contributed by atoms with Crippen molar-refractivity contribution in [2.75, 3.05) is 5.73 Å². The minimum atomic E-state index is -0.601. The maximum absolute atomic E-state index is 13.8. The third-order valence-corrected chi connectivity index (χ3v) is 3.22. The molecular formula is C14H11ClFN3O. The van der Waals surface area contributed by atoms with Crippen molar-refractivity contribution in [3.8, 4) is 11.5 Å². The zero-order valence-corrected chi connectivity index (χ0v) is 11.4. The van der Waals surface area contributed by atoms with Crippen LogP contribution in [0, 0.1) is 5.82 Å². The van der Waals surface area contributed by atoms with Crippen LogP contribution in [-0.2, 0) is 7.05 Å². The summed E-state index contributed by atoms with van der Waals surface area (Å²) in [5, 5.41) is 0.128. The van der Waals surface area contributed by atoms with Gasteiger partial charge in [0, 0.05) is 24.9 Å². The number of hydrogen-bond donors (Lipinski definition) is 1. The minimum Gasteiger partial charge on any atom is -0.453 e.